The van der Waals surface area contributed by atoms with Gasteiger partial charge in [-0.2, -0.15) is 0 Å². The standard InChI is InChI=1S/C21H21N5O2S/c1-4-18-17(20(25-21(22)24-18)16-8-6-5-7-9-16)11-10-15-12-19(14(2)23-13-15)26-29(3,27)28/h5-9,12-13,26H,4H2,1-3H3,(H2,22,24,25). The molecule has 148 valence electrons. The molecule has 0 aliphatic rings. The molecule has 0 aliphatic carbocycles. The van der Waals surface area contributed by atoms with Crippen molar-refractivity contribution in [2.45, 2.75) is 20.3 Å². The molecule has 8 heteroatoms. The lowest BCUT2D eigenvalue weighted by Gasteiger charge is -2.09. The highest BCUT2D eigenvalue weighted by atomic mass is 32.2. The third-order valence-corrected chi connectivity index (χ3v) is 4.69. The second kappa shape index (κ2) is 8.29. The van der Waals surface area contributed by atoms with Gasteiger partial charge in [0.25, 0.3) is 0 Å². The van der Waals surface area contributed by atoms with Crippen molar-refractivity contribution in [2.75, 3.05) is 16.7 Å². The first-order valence-electron chi connectivity index (χ1n) is 8.95. The molecule has 0 saturated carbocycles. The minimum atomic E-state index is -3.41. The van der Waals surface area contributed by atoms with Crippen molar-refractivity contribution in [2.24, 2.45) is 0 Å². The Morgan fingerprint density at radius 1 is 1.14 bits per heavy atom. The molecule has 0 unspecified atom stereocenters. The fraction of sp³-hybridized carbons (Fsp3) is 0.190. The second-order valence-electron chi connectivity index (χ2n) is 6.45. The highest BCUT2D eigenvalue weighted by Crippen LogP contribution is 2.24. The Morgan fingerprint density at radius 3 is 2.52 bits per heavy atom. The van der Waals surface area contributed by atoms with Gasteiger partial charge in [0.1, 0.15) is 0 Å². The van der Waals surface area contributed by atoms with E-state index in [0.717, 1.165) is 17.5 Å². The average Bonchev–Trinajstić information content (AvgIpc) is 2.68. The molecule has 2 aromatic heterocycles. The smallest absolute Gasteiger partial charge is 0.229 e. The molecule has 7 nitrogen and oxygen atoms in total. The lowest BCUT2D eigenvalue weighted by molar-refractivity contribution is 0.606. The van der Waals surface area contributed by atoms with Crippen LogP contribution in [0.15, 0.2) is 42.6 Å². The molecule has 0 atom stereocenters. The van der Waals surface area contributed by atoms with Gasteiger partial charge in [0.2, 0.25) is 16.0 Å². The maximum Gasteiger partial charge on any atom is 0.229 e. The van der Waals surface area contributed by atoms with Crippen LogP contribution in [-0.2, 0) is 16.4 Å². The summed E-state index contributed by atoms with van der Waals surface area (Å²) in [6.45, 7) is 3.70. The number of sulfonamides is 1. The fourth-order valence-electron chi connectivity index (χ4n) is 2.76. The maximum absolute atomic E-state index is 11.6. The van der Waals surface area contributed by atoms with Crippen molar-refractivity contribution in [1.82, 2.24) is 15.0 Å². The molecular formula is C21H21N5O2S. The van der Waals surface area contributed by atoms with Gasteiger partial charge in [0.15, 0.2) is 0 Å². The van der Waals surface area contributed by atoms with Crippen LogP contribution in [0.1, 0.15) is 29.4 Å². The van der Waals surface area contributed by atoms with Gasteiger partial charge in [0.05, 0.1) is 34.6 Å². The van der Waals surface area contributed by atoms with Crippen LogP contribution < -0.4 is 10.5 Å². The molecule has 0 aliphatic heterocycles. The zero-order valence-electron chi connectivity index (χ0n) is 16.4. The number of pyridine rings is 1. The largest absolute Gasteiger partial charge is 0.368 e. The molecule has 0 amide bonds. The number of aryl methyl sites for hydroxylation is 2. The van der Waals surface area contributed by atoms with Crippen LogP contribution in [0.3, 0.4) is 0 Å². The number of hydrogen-bond acceptors (Lipinski definition) is 6. The van der Waals surface area contributed by atoms with Crippen LogP contribution in [-0.4, -0.2) is 29.6 Å². The number of anilines is 2. The monoisotopic (exact) mass is 407 g/mol. The Hall–Kier alpha value is -3.44. The molecule has 0 fully saturated rings. The number of nitrogens with two attached hydrogens (primary N) is 1. The van der Waals surface area contributed by atoms with Crippen LogP contribution >= 0.6 is 0 Å². The molecule has 29 heavy (non-hydrogen) atoms. The highest BCUT2D eigenvalue weighted by Gasteiger charge is 2.13. The molecule has 0 bridgehead atoms. The quantitative estimate of drug-likeness (QED) is 0.644. The predicted molar refractivity (Wildman–Crippen MR) is 115 cm³/mol. The zero-order chi connectivity index (χ0) is 21.0. The van der Waals surface area contributed by atoms with Crippen LogP contribution in [0.25, 0.3) is 11.3 Å². The SMILES string of the molecule is CCc1nc(N)nc(-c2ccccc2)c1C#Cc1cnc(C)c(NS(C)(=O)=O)c1. The third-order valence-electron chi connectivity index (χ3n) is 4.10. The van der Waals surface area contributed by atoms with Crippen LogP contribution in [0.2, 0.25) is 0 Å². The van der Waals surface area contributed by atoms with Crippen molar-refractivity contribution in [3.05, 3.63) is 65.1 Å². The molecule has 0 saturated heterocycles. The van der Waals surface area contributed by atoms with Crippen molar-refractivity contribution in [3.63, 3.8) is 0 Å². The fourth-order valence-corrected chi connectivity index (χ4v) is 3.36. The van der Waals surface area contributed by atoms with Crippen molar-refractivity contribution in [3.8, 4) is 23.1 Å². The average molecular weight is 407 g/mol. The summed E-state index contributed by atoms with van der Waals surface area (Å²) < 4.78 is 25.6. The first-order valence-corrected chi connectivity index (χ1v) is 10.8. The van der Waals surface area contributed by atoms with E-state index in [9.17, 15) is 8.42 Å². The first kappa shape index (κ1) is 20.3. The Kier molecular flexibility index (Phi) is 5.80. The van der Waals surface area contributed by atoms with Crippen molar-refractivity contribution < 1.29 is 8.42 Å². The Balaban J connectivity index is 2.11. The summed E-state index contributed by atoms with van der Waals surface area (Å²) in [4.78, 5) is 13.0. The minimum absolute atomic E-state index is 0.197. The van der Waals surface area contributed by atoms with Gasteiger partial charge in [-0.1, -0.05) is 49.1 Å². The van der Waals surface area contributed by atoms with Gasteiger partial charge in [-0.15, -0.1) is 0 Å². The summed E-state index contributed by atoms with van der Waals surface area (Å²) in [6, 6.07) is 11.3. The normalized spacial score (nSPS) is 10.9. The Labute approximate surface area is 170 Å². The van der Waals surface area contributed by atoms with E-state index < -0.39 is 10.0 Å². The van der Waals surface area contributed by atoms with Crippen molar-refractivity contribution in [1.29, 1.82) is 0 Å². The molecule has 0 spiro atoms. The van der Waals surface area contributed by atoms with Crippen molar-refractivity contribution >= 4 is 21.7 Å². The van der Waals surface area contributed by atoms with Crippen LogP contribution in [0.4, 0.5) is 11.6 Å². The lowest BCUT2D eigenvalue weighted by atomic mass is 10.0. The van der Waals surface area contributed by atoms with E-state index in [4.69, 9.17) is 5.73 Å². The molecule has 3 rings (SSSR count). The summed E-state index contributed by atoms with van der Waals surface area (Å²) in [5.41, 5.74) is 10.4. The van der Waals surface area contributed by atoms with Gasteiger partial charge in [0, 0.05) is 17.3 Å². The van der Waals surface area contributed by atoms with E-state index in [2.05, 4.69) is 31.5 Å². The number of hydrogen-bond donors (Lipinski definition) is 2. The van der Waals surface area contributed by atoms with Gasteiger partial charge >= 0.3 is 0 Å². The lowest BCUT2D eigenvalue weighted by Crippen LogP contribution is -2.11. The van der Waals surface area contributed by atoms with E-state index >= 15 is 0 Å². The summed E-state index contributed by atoms with van der Waals surface area (Å²) in [5.74, 6) is 6.38. The van der Waals surface area contributed by atoms with E-state index in [1.807, 2.05) is 37.3 Å². The van der Waals surface area contributed by atoms with E-state index in [-0.39, 0.29) is 5.95 Å². The van der Waals surface area contributed by atoms with E-state index in [1.165, 1.54) is 0 Å². The number of nitrogen functional groups attached to an aromatic ring is 1. The molecule has 3 aromatic rings. The van der Waals surface area contributed by atoms with Gasteiger partial charge in [-0.25, -0.2) is 18.4 Å². The zero-order valence-corrected chi connectivity index (χ0v) is 17.2. The maximum atomic E-state index is 11.6. The highest BCUT2D eigenvalue weighted by molar-refractivity contribution is 7.92. The number of rotatable bonds is 4. The van der Waals surface area contributed by atoms with Crippen LogP contribution in [0, 0.1) is 18.8 Å². The van der Waals surface area contributed by atoms with Crippen LogP contribution in [0.5, 0.6) is 0 Å². The number of nitrogens with one attached hydrogen (secondary N) is 1. The molecule has 2 heterocycles. The summed E-state index contributed by atoms with van der Waals surface area (Å²) in [7, 11) is -3.41. The van der Waals surface area contributed by atoms with Gasteiger partial charge in [-0.05, 0) is 19.4 Å². The predicted octanol–water partition coefficient (Wildman–Crippen LogP) is 2.76. The Bertz CT molecular complexity index is 1210. The number of benzene rings is 1. The molecule has 1 aromatic carbocycles. The summed E-state index contributed by atoms with van der Waals surface area (Å²) >= 11 is 0. The summed E-state index contributed by atoms with van der Waals surface area (Å²) in [5, 5.41) is 0. The number of aromatic nitrogens is 3. The van der Waals surface area contributed by atoms with E-state index in [1.54, 1.807) is 19.2 Å². The number of nitrogens with zero attached hydrogens (tertiary/aromatic N) is 3. The topological polar surface area (TPSA) is 111 Å². The minimum Gasteiger partial charge on any atom is -0.368 e. The van der Waals surface area contributed by atoms with E-state index in [0.29, 0.717) is 34.6 Å². The van der Waals surface area contributed by atoms with Gasteiger partial charge in [-0.3, -0.25) is 9.71 Å². The summed E-state index contributed by atoms with van der Waals surface area (Å²) in [6.07, 6.45) is 3.33. The van der Waals surface area contributed by atoms with Gasteiger partial charge < -0.3 is 5.73 Å². The Morgan fingerprint density at radius 2 is 1.86 bits per heavy atom. The molecule has 3 N–H and O–H groups in total. The second-order valence-corrected chi connectivity index (χ2v) is 8.20. The molecular weight excluding hydrogens is 386 g/mol. The molecule has 0 radical (unpaired) electrons. The first-order chi connectivity index (χ1) is 13.8. The third kappa shape index (κ3) is 5.09.